The lowest BCUT2D eigenvalue weighted by Crippen LogP contribution is -2.47. The molecule has 0 radical (unpaired) electrons. The molecule has 2 atom stereocenters. The van der Waals surface area contributed by atoms with Gasteiger partial charge in [-0.05, 0) is 53.1 Å². The Balaban J connectivity index is 1.95. The molecule has 1 spiro atoms. The van der Waals surface area contributed by atoms with Gasteiger partial charge in [-0.15, -0.1) is 0 Å². The van der Waals surface area contributed by atoms with E-state index in [1.165, 1.54) is 11.1 Å². The van der Waals surface area contributed by atoms with Gasteiger partial charge in [-0.1, -0.05) is 19.1 Å². The number of aliphatic imine (C=N–C) groups is 1. The second-order valence-electron chi connectivity index (χ2n) is 7.73. The molecule has 1 aliphatic carbocycles. The third-order valence-electron chi connectivity index (χ3n) is 5.61. The fourth-order valence-electron chi connectivity index (χ4n) is 4.22. The van der Waals surface area contributed by atoms with Gasteiger partial charge in [-0.3, -0.25) is 9.69 Å². The van der Waals surface area contributed by atoms with Crippen molar-refractivity contribution in [3.8, 4) is 11.1 Å². The fourth-order valence-corrected chi connectivity index (χ4v) is 4.22. The number of carbonyl (C=O) groups excluding carboxylic acids is 1. The molecule has 0 fully saturated rings. The number of hydrogen-bond donors (Lipinski definition) is 2. The van der Waals surface area contributed by atoms with Crippen LogP contribution in [0.2, 0.25) is 0 Å². The van der Waals surface area contributed by atoms with Crippen LogP contribution in [0.25, 0.3) is 11.1 Å². The highest BCUT2D eigenvalue weighted by Gasteiger charge is 2.55. The van der Waals surface area contributed by atoms with Crippen molar-refractivity contribution in [1.29, 1.82) is 0 Å². The van der Waals surface area contributed by atoms with Crippen LogP contribution in [0.4, 0.5) is 4.39 Å². The molecule has 1 aromatic carbocycles. The van der Waals surface area contributed by atoms with Crippen LogP contribution in [0, 0.1) is 11.4 Å². The normalized spacial score (nSPS) is 27.0. The molecule has 0 saturated carbocycles. The minimum atomic E-state index is -1.20. The monoisotopic (exact) mass is 368 g/mol. The summed E-state index contributed by atoms with van der Waals surface area (Å²) >= 11 is 0. The largest absolute Gasteiger partial charge is 0.396 e. The van der Waals surface area contributed by atoms with Gasteiger partial charge in [-0.25, -0.2) is 9.98 Å². The summed E-state index contributed by atoms with van der Waals surface area (Å²) in [4.78, 5) is 22.7. The molecular formula is C20H21FN4O2. The van der Waals surface area contributed by atoms with Crippen molar-refractivity contribution in [3.05, 3.63) is 53.6 Å². The van der Waals surface area contributed by atoms with Crippen molar-refractivity contribution in [3.63, 3.8) is 0 Å². The number of carbonyl (C=O) groups is 1. The number of aliphatic hydroxyl groups excluding tert-OH is 1. The van der Waals surface area contributed by atoms with Gasteiger partial charge in [0.15, 0.2) is 11.5 Å². The zero-order valence-electron chi connectivity index (χ0n) is 15.2. The molecule has 0 bridgehead atoms. The lowest BCUT2D eigenvalue weighted by molar-refractivity contribution is -0.132. The quantitative estimate of drug-likeness (QED) is 0.791. The van der Waals surface area contributed by atoms with Gasteiger partial charge in [-0.2, -0.15) is 4.39 Å². The highest BCUT2D eigenvalue weighted by atomic mass is 19.1. The number of aliphatic hydroxyl groups is 1. The van der Waals surface area contributed by atoms with Crippen molar-refractivity contribution in [1.82, 2.24) is 9.88 Å². The standard InChI is InChI=1S/C20H21FN4O2/c1-19(11-26)9-13-6-5-12(14-4-3-7-23-16(14)21)8-15(13)20(10-19)17(27)25(2)18(22)24-20/h3-8,26H,9-11H2,1-2H3,(H2,22,24)/t19-,20?/m0/s1. The molecule has 6 nitrogen and oxygen atoms in total. The maximum Gasteiger partial charge on any atom is 0.261 e. The fraction of sp³-hybridized carbons (Fsp3) is 0.350. The Morgan fingerprint density at radius 3 is 2.78 bits per heavy atom. The third kappa shape index (κ3) is 2.53. The summed E-state index contributed by atoms with van der Waals surface area (Å²) in [5.41, 5.74) is 6.87. The number of nitrogens with zero attached hydrogens (tertiary/aromatic N) is 3. The molecule has 2 aromatic rings. The number of halogens is 1. The lowest BCUT2D eigenvalue weighted by Gasteiger charge is -2.42. The highest BCUT2D eigenvalue weighted by molar-refractivity contribution is 6.07. The first kappa shape index (κ1) is 17.6. The van der Waals surface area contributed by atoms with Crippen LogP contribution in [0.1, 0.15) is 24.5 Å². The Kier molecular flexibility index (Phi) is 3.82. The first-order valence-electron chi connectivity index (χ1n) is 8.78. The maximum atomic E-state index is 14.2. The molecule has 1 aromatic heterocycles. The van der Waals surface area contributed by atoms with Crippen LogP contribution >= 0.6 is 0 Å². The Hall–Kier alpha value is -2.80. The van der Waals surface area contributed by atoms with Crippen LogP contribution in [0.15, 0.2) is 41.5 Å². The second kappa shape index (κ2) is 5.85. The van der Waals surface area contributed by atoms with Crippen LogP contribution < -0.4 is 5.73 Å². The molecule has 1 amide bonds. The number of aromatic nitrogens is 1. The zero-order chi connectivity index (χ0) is 19.4. The number of rotatable bonds is 2. The number of amides is 1. The van der Waals surface area contributed by atoms with Crippen LogP contribution in [0.3, 0.4) is 0 Å². The summed E-state index contributed by atoms with van der Waals surface area (Å²) < 4.78 is 14.2. The minimum Gasteiger partial charge on any atom is -0.396 e. The van der Waals surface area contributed by atoms with Crippen molar-refractivity contribution >= 4 is 11.9 Å². The Labute approximate surface area is 156 Å². The van der Waals surface area contributed by atoms with E-state index in [2.05, 4.69) is 9.98 Å². The average molecular weight is 368 g/mol. The summed E-state index contributed by atoms with van der Waals surface area (Å²) in [5, 5.41) is 9.94. The Morgan fingerprint density at radius 1 is 1.37 bits per heavy atom. The van der Waals surface area contributed by atoms with E-state index in [1.54, 1.807) is 25.2 Å². The first-order valence-corrected chi connectivity index (χ1v) is 8.78. The zero-order valence-corrected chi connectivity index (χ0v) is 15.2. The van der Waals surface area contributed by atoms with Gasteiger partial charge in [0.05, 0.1) is 0 Å². The summed E-state index contributed by atoms with van der Waals surface area (Å²) in [7, 11) is 1.59. The van der Waals surface area contributed by atoms with E-state index >= 15 is 0 Å². The molecule has 2 aliphatic rings. The number of guanidine groups is 1. The summed E-state index contributed by atoms with van der Waals surface area (Å²) in [6.07, 6.45) is 2.33. The molecule has 140 valence electrons. The average Bonchev–Trinajstić information content (AvgIpc) is 2.86. The molecule has 1 unspecified atom stereocenters. The number of fused-ring (bicyclic) bond motifs is 2. The summed E-state index contributed by atoms with van der Waals surface area (Å²) in [6, 6.07) is 8.81. The molecule has 27 heavy (non-hydrogen) atoms. The number of benzene rings is 1. The first-order chi connectivity index (χ1) is 12.8. The van der Waals surface area contributed by atoms with Crippen molar-refractivity contribution < 1.29 is 14.3 Å². The van der Waals surface area contributed by atoms with Gasteiger partial charge in [0.25, 0.3) is 5.91 Å². The van der Waals surface area contributed by atoms with E-state index in [-0.39, 0.29) is 18.5 Å². The minimum absolute atomic E-state index is 0.0698. The van der Waals surface area contributed by atoms with E-state index in [1.807, 2.05) is 19.1 Å². The predicted octanol–water partition coefficient (Wildman–Crippen LogP) is 1.81. The van der Waals surface area contributed by atoms with E-state index in [0.29, 0.717) is 29.5 Å². The molecule has 4 rings (SSSR count). The molecule has 7 heteroatoms. The van der Waals surface area contributed by atoms with Gasteiger partial charge in [0, 0.05) is 25.4 Å². The SMILES string of the molecule is CN1C(=O)C2(C[C@@](C)(CO)Cc3ccc(-c4cccnc4F)cc32)N=C1N. The molecule has 0 saturated heterocycles. The van der Waals surface area contributed by atoms with Gasteiger partial charge in [0.1, 0.15) is 0 Å². The third-order valence-corrected chi connectivity index (χ3v) is 5.61. The van der Waals surface area contributed by atoms with Crippen LogP contribution in [0.5, 0.6) is 0 Å². The van der Waals surface area contributed by atoms with E-state index in [9.17, 15) is 14.3 Å². The number of pyridine rings is 1. The number of nitrogens with two attached hydrogens (primary N) is 1. The molecular weight excluding hydrogens is 347 g/mol. The predicted molar refractivity (Wildman–Crippen MR) is 99.2 cm³/mol. The second-order valence-corrected chi connectivity index (χ2v) is 7.73. The maximum absolute atomic E-state index is 14.2. The van der Waals surface area contributed by atoms with E-state index in [4.69, 9.17) is 5.73 Å². The lowest BCUT2D eigenvalue weighted by atomic mass is 9.64. The topological polar surface area (TPSA) is 91.8 Å². The summed E-state index contributed by atoms with van der Waals surface area (Å²) in [5.74, 6) is -0.657. The molecule has 3 N–H and O–H groups in total. The number of likely N-dealkylation sites (N-methyl/N-ethyl adjacent to an activating group) is 1. The van der Waals surface area contributed by atoms with E-state index in [0.717, 1.165) is 5.56 Å². The summed E-state index contributed by atoms with van der Waals surface area (Å²) in [6.45, 7) is 1.86. The van der Waals surface area contributed by atoms with Crippen LogP contribution in [-0.2, 0) is 16.8 Å². The Morgan fingerprint density at radius 2 is 2.15 bits per heavy atom. The number of hydrogen-bond acceptors (Lipinski definition) is 5. The van der Waals surface area contributed by atoms with Crippen molar-refractivity contribution in [2.24, 2.45) is 16.1 Å². The van der Waals surface area contributed by atoms with E-state index < -0.39 is 16.9 Å². The molecule has 2 heterocycles. The highest BCUT2D eigenvalue weighted by Crippen LogP contribution is 2.50. The smallest absolute Gasteiger partial charge is 0.261 e. The van der Waals surface area contributed by atoms with Gasteiger partial charge >= 0.3 is 0 Å². The van der Waals surface area contributed by atoms with Crippen molar-refractivity contribution in [2.75, 3.05) is 13.7 Å². The Bertz CT molecular complexity index is 976. The van der Waals surface area contributed by atoms with Crippen LogP contribution in [-0.4, -0.2) is 40.5 Å². The molecule has 1 aliphatic heterocycles. The van der Waals surface area contributed by atoms with Gasteiger partial charge in [0.2, 0.25) is 5.95 Å². The van der Waals surface area contributed by atoms with Crippen molar-refractivity contribution in [2.45, 2.75) is 25.3 Å². The van der Waals surface area contributed by atoms with Gasteiger partial charge < -0.3 is 10.8 Å².